The minimum Gasteiger partial charge on any atom is -0.379 e. The first-order valence-electron chi connectivity index (χ1n) is 6.25. The van der Waals surface area contributed by atoms with Gasteiger partial charge in [0.05, 0.1) is 12.6 Å². The predicted octanol–water partition coefficient (Wildman–Crippen LogP) is 1.29. The van der Waals surface area contributed by atoms with Crippen molar-refractivity contribution < 1.29 is 9.53 Å². The van der Waals surface area contributed by atoms with Crippen molar-refractivity contribution in [3.63, 3.8) is 0 Å². The minimum absolute atomic E-state index is 0.0425. The van der Waals surface area contributed by atoms with E-state index < -0.39 is 5.54 Å². The molecule has 98 valence electrons. The van der Waals surface area contributed by atoms with Crippen LogP contribution in [0.4, 0.5) is 0 Å². The normalized spacial score (nSPS) is 24.8. The zero-order valence-corrected chi connectivity index (χ0v) is 10.9. The van der Waals surface area contributed by atoms with Crippen molar-refractivity contribution >= 4 is 5.91 Å². The predicted molar refractivity (Wildman–Crippen MR) is 70.1 cm³/mol. The van der Waals surface area contributed by atoms with E-state index in [0.717, 1.165) is 5.56 Å². The van der Waals surface area contributed by atoms with Crippen molar-refractivity contribution in [3.05, 3.63) is 35.4 Å². The number of aryl methyl sites for hydroxylation is 1. The number of nitrogens with two attached hydrogens (primary N) is 1. The van der Waals surface area contributed by atoms with Crippen LogP contribution < -0.4 is 11.1 Å². The molecule has 1 aromatic carbocycles. The van der Waals surface area contributed by atoms with Gasteiger partial charge in [0.1, 0.15) is 5.54 Å². The summed E-state index contributed by atoms with van der Waals surface area (Å²) in [5.41, 5.74) is 7.44. The molecule has 1 heterocycles. The molecule has 1 aliphatic heterocycles. The first-order chi connectivity index (χ1) is 8.51. The maximum Gasteiger partial charge on any atom is 0.243 e. The molecule has 1 aromatic rings. The van der Waals surface area contributed by atoms with Crippen molar-refractivity contribution in [1.82, 2.24) is 5.32 Å². The number of nitrogens with one attached hydrogen (secondary N) is 1. The van der Waals surface area contributed by atoms with E-state index in [9.17, 15) is 4.79 Å². The highest BCUT2D eigenvalue weighted by Crippen LogP contribution is 2.19. The molecule has 0 radical (unpaired) electrons. The number of carbonyl (C=O) groups excluding carboxylic acids is 1. The summed E-state index contributed by atoms with van der Waals surface area (Å²) in [6, 6.07) is 8.08. The summed E-state index contributed by atoms with van der Waals surface area (Å²) in [6.45, 7) is 4.86. The van der Waals surface area contributed by atoms with Crippen molar-refractivity contribution in [1.29, 1.82) is 0 Å². The van der Waals surface area contributed by atoms with Gasteiger partial charge >= 0.3 is 0 Å². The molecule has 2 rings (SSSR count). The SMILES string of the molecule is Cc1ccc([C@@H](C)NC(=O)C2(N)CCOC2)cc1. The number of amides is 1. The van der Waals surface area contributed by atoms with Gasteiger partial charge in [-0.1, -0.05) is 29.8 Å². The molecule has 1 fully saturated rings. The smallest absolute Gasteiger partial charge is 0.243 e. The Morgan fingerprint density at radius 1 is 1.44 bits per heavy atom. The van der Waals surface area contributed by atoms with Crippen LogP contribution in [0.2, 0.25) is 0 Å². The fourth-order valence-corrected chi connectivity index (χ4v) is 2.04. The third-order valence-corrected chi connectivity index (χ3v) is 3.43. The Hall–Kier alpha value is -1.39. The largest absolute Gasteiger partial charge is 0.379 e. The van der Waals surface area contributed by atoms with Gasteiger partial charge in [0.25, 0.3) is 0 Å². The zero-order valence-electron chi connectivity index (χ0n) is 10.9. The Balaban J connectivity index is 2.00. The van der Waals surface area contributed by atoms with Gasteiger partial charge in [0, 0.05) is 6.61 Å². The Morgan fingerprint density at radius 3 is 2.67 bits per heavy atom. The van der Waals surface area contributed by atoms with E-state index in [1.807, 2.05) is 38.1 Å². The standard InChI is InChI=1S/C14H20N2O2/c1-10-3-5-12(6-4-10)11(2)16-13(17)14(15)7-8-18-9-14/h3-6,11H,7-9,15H2,1-2H3,(H,16,17)/t11-,14?/m1/s1. The average molecular weight is 248 g/mol. The molecule has 2 atom stereocenters. The zero-order chi connectivity index (χ0) is 13.2. The quantitative estimate of drug-likeness (QED) is 0.847. The van der Waals surface area contributed by atoms with Gasteiger partial charge in [0.15, 0.2) is 0 Å². The molecule has 0 spiro atoms. The second-order valence-electron chi connectivity index (χ2n) is 5.06. The van der Waals surface area contributed by atoms with Crippen molar-refractivity contribution in [3.8, 4) is 0 Å². The van der Waals surface area contributed by atoms with Crippen LogP contribution in [-0.4, -0.2) is 24.7 Å². The van der Waals surface area contributed by atoms with Crippen LogP contribution in [-0.2, 0) is 9.53 Å². The molecule has 0 saturated carbocycles. The van der Waals surface area contributed by atoms with Crippen LogP contribution in [0.15, 0.2) is 24.3 Å². The lowest BCUT2D eigenvalue weighted by Gasteiger charge is -2.24. The third-order valence-electron chi connectivity index (χ3n) is 3.43. The fraction of sp³-hybridized carbons (Fsp3) is 0.500. The van der Waals surface area contributed by atoms with Crippen LogP contribution in [0.5, 0.6) is 0 Å². The Labute approximate surface area is 108 Å². The summed E-state index contributed by atoms with van der Waals surface area (Å²) in [6.07, 6.45) is 0.583. The van der Waals surface area contributed by atoms with Gasteiger partial charge in [-0.25, -0.2) is 0 Å². The Morgan fingerprint density at radius 2 is 2.11 bits per heavy atom. The molecule has 1 saturated heterocycles. The molecule has 4 nitrogen and oxygen atoms in total. The number of carbonyl (C=O) groups is 1. The summed E-state index contributed by atoms with van der Waals surface area (Å²) in [4.78, 5) is 12.1. The van der Waals surface area contributed by atoms with Gasteiger partial charge < -0.3 is 15.8 Å². The first-order valence-corrected chi connectivity index (χ1v) is 6.25. The van der Waals surface area contributed by atoms with Gasteiger partial charge in [-0.3, -0.25) is 4.79 Å². The van der Waals surface area contributed by atoms with Crippen LogP contribution in [0, 0.1) is 6.92 Å². The van der Waals surface area contributed by atoms with Gasteiger partial charge in [-0.2, -0.15) is 0 Å². The van der Waals surface area contributed by atoms with E-state index in [-0.39, 0.29) is 11.9 Å². The van der Waals surface area contributed by atoms with Gasteiger partial charge in [0.2, 0.25) is 5.91 Å². The highest BCUT2D eigenvalue weighted by molar-refractivity contribution is 5.86. The first kappa shape index (κ1) is 13.1. The number of hydrogen-bond acceptors (Lipinski definition) is 3. The van der Waals surface area contributed by atoms with Crippen LogP contribution in [0.25, 0.3) is 0 Å². The van der Waals surface area contributed by atoms with Crippen LogP contribution >= 0.6 is 0 Å². The highest BCUT2D eigenvalue weighted by atomic mass is 16.5. The summed E-state index contributed by atoms with van der Waals surface area (Å²) >= 11 is 0. The molecule has 0 aliphatic carbocycles. The van der Waals surface area contributed by atoms with Crippen molar-refractivity contribution in [2.45, 2.75) is 31.8 Å². The highest BCUT2D eigenvalue weighted by Gasteiger charge is 2.38. The topological polar surface area (TPSA) is 64.4 Å². The summed E-state index contributed by atoms with van der Waals surface area (Å²) in [5.74, 6) is -0.131. The lowest BCUT2D eigenvalue weighted by atomic mass is 9.98. The number of ether oxygens (including phenoxy) is 1. The van der Waals surface area contributed by atoms with Crippen molar-refractivity contribution in [2.75, 3.05) is 13.2 Å². The van der Waals surface area contributed by atoms with Gasteiger partial charge in [-0.15, -0.1) is 0 Å². The Kier molecular flexibility index (Phi) is 3.68. The lowest BCUT2D eigenvalue weighted by Crippen LogP contribution is -2.54. The molecular formula is C14H20N2O2. The summed E-state index contributed by atoms with van der Waals surface area (Å²) < 4.78 is 5.20. The maximum atomic E-state index is 12.1. The van der Waals surface area contributed by atoms with E-state index in [4.69, 9.17) is 10.5 Å². The number of benzene rings is 1. The maximum absolute atomic E-state index is 12.1. The Bertz CT molecular complexity index is 422. The van der Waals surface area contributed by atoms with E-state index in [1.165, 1.54) is 5.56 Å². The molecule has 1 amide bonds. The van der Waals surface area contributed by atoms with E-state index >= 15 is 0 Å². The van der Waals surface area contributed by atoms with Crippen LogP contribution in [0.3, 0.4) is 0 Å². The third kappa shape index (κ3) is 2.71. The number of hydrogen-bond donors (Lipinski definition) is 2. The lowest BCUT2D eigenvalue weighted by molar-refractivity contribution is -0.127. The van der Waals surface area contributed by atoms with E-state index in [1.54, 1.807) is 0 Å². The fourth-order valence-electron chi connectivity index (χ4n) is 2.04. The number of rotatable bonds is 3. The van der Waals surface area contributed by atoms with Gasteiger partial charge in [-0.05, 0) is 25.8 Å². The molecule has 3 N–H and O–H groups in total. The second kappa shape index (κ2) is 5.08. The molecule has 0 aromatic heterocycles. The average Bonchev–Trinajstić information content (AvgIpc) is 2.78. The molecule has 0 bridgehead atoms. The molecule has 4 heteroatoms. The minimum atomic E-state index is -0.862. The molecular weight excluding hydrogens is 228 g/mol. The second-order valence-corrected chi connectivity index (χ2v) is 5.06. The molecule has 1 aliphatic rings. The van der Waals surface area contributed by atoms with Crippen LogP contribution in [0.1, 0.15) is 30.5 Å². The molecule has 18 heavy (non-hydrogen) atoms. The van der Waals surface area contributed by atoms with E-state index in [2.05, 4.69) is 5.32 Å². The van der Waals surface area contributed by atoms with Crippen molar-refractivity contribution in [2.24, 2.45) is 5.73 Å². The summed E-state index contributed by atoms with van der Waals surface area (Å²) in [7, 11) is 0. The van der Waals surface area contributed by atoms with E-state index in [0.29, 0.717) is 19.6 Å². The molecule has 1 unspecified atom stereocenters. The summed E-state index contributed by atoms with van der Waals surface area (Å²) in [5, 5.41) is 2.95. The monoisotopic (exact) mass is 248 g/mol.